The summed E-state index contributed by atoms with van der Waals surface area (Å²) in [7, 11) is 1.65. The minimum atomic E-state index is 0.599. The van der Waals surface area contributed by atoms with Gasteiger partial charge in [0.05, 0.1) is 26.1 Å². The Balaban J connectivity index is 1.80. The maximum Gasteiger partial charge on any atom is 0.182 e. The molecule has 0 fully saturated rings. The van der Waals surface area contributed by atoms with Gasteiger partial charge in [-0.1, -0.05) is 0 Å². The quantitative estimate of drug-likeness (QED) is 0.679. The van der Waals surface area contributed by atoms with Crippen LogP contribution in [0.2, 0.25) is 0 Å². The van der Waals surface area contributed by atoms with Crippen LogP contribution in [0.3, 0.4) is 0 Å². The molecule has 0 aliphatic carbocycles. The standard InChI is InChI=1S/C10H15N5O2/c1-16-4-5-17-3-2-11-9-8-10(13-6-12-8)15-7-14-9/h6-7H,2-5H2,1H3,(H2,11,12,13,14,15). The molecule has 0 saturated carbocycles. The highest BCUT2D eigenvalue weighted by Crippen LogP contribution is 2.13. The number of hydrogen-bond acceptors (Lipinski definition) is 6. The Bertz CT molecular complexity index is 459. The van der Waals surface area contributed by atoms with E-state index in [2.05, 4.69) is 25.3 Å². The van der Waals surface area contributed by atoms with Crippen LogP contribution in [0.15, 0.2) is 12.7 Å². The van der Waals surface area contributed by atoms with Crippen molar-refractivity contribution in [2.24, 2.45) is 0 Å². The first-order chi connectivity index (χ1) is 8.42. The molecule has 0 bridgehead atoms. The topological polar surface area (TPSA) is 84.9 Å². The molecule has 0 unspecified atom stereocenters. The lowest BCUT2D eigenvalue weighted by molar-refractivity contribution is 0.0759. The molecule has 0 saturated heterocycles. The predicted molar refractivity (Wildman–Crippen MR) is 62.9 cm³/mol. The molecule has 0 aromatic carbocycles. The van der Waals surface area contributed by atoms with Gasteiger partial charge in [0.25, 0.3) is 0 Å². The summed E-state index contributed by atoms with van der Waals surface area (Å²) in [5.41, 5.74) is 1.46. The summed E-state index contributed by atoms with van der Waals surface area (Å²) in [6.45, 7) is 2.48. The third-order valence-corrected chi connectivity index (χ3v) is 2.19. The zero-order valence-corrected chi connectivity index (χ0v) is 9.64. The number of fused-ring (bicyclic) bond motifs is 1. The van der Waals surface area contributed by atoms with Crippen molar-refractivity contribution in [2.45, 2.75) is 0 Å². The molecule has 7 heteroatoms. The Morgan fingerprint density at radius 2 is 2.18 bits per heavy atom. The molecule has 0 amide bonds. The van der Waals surface area contributed by atoms with Gasteiger partial charge in [0.2, 0.25) is 0 Å². The van der Waals surface area contributed by atoms with Crippen LogP contribution in [-0.2, 0) is 9.47 Å². The fourth-order valence-electron chi connectivity index (χ4n) is 1.39. The first-order valence-corrected chi connectivity index (χ1v) is 5.36. The zero-order valence-electron chi connectivity index (χ0n) is 9.64. The van der Waals surface area contributed by atoms with Crippen LogP contribution in [-0.4, -0.2) is 53.4 Å². The molecule has 2 aromatic rings. The number of aromatic nitrogens is 4. The third-order valence-electron chi connectivity index (χ3n) is 2.19. The molecule has 2 aromatic heterocycles. The summed E-state index contributed by atoms with van der Waals surface area (Å²) in [5.74, 6) is 0.739. The van der Waals surface area contributed by atoms with Gasteiger partial charge in [-0.15, -0.1) is 0 Å². The molecule has 0 aliphatic rings. The number of imidazole rings is 1. The van der Waals surface area contributed by atoms with Gasteiger partial charge in [0.1, 0.15) is 11.8 Å². The Kier molecular flexibility index (Phi) is 4.23. The van der Waals surface area contributed by atoms with Crippen molar-refractivity contribution in [1.82, 2.24) is 19.9 Å². The lowest BCUT2D eigenvalue weighted by Gasteiger charge is -2.06. The summed E-state index contributed by atoms with van der Waals surface area (Å²) in [5, 5.41) is 3.16. The van der Waals surface area contributed by atoms with Crippen LogP contribution in [0.5, 0.6) is 0 Å². The molecule has 7 nitrogen and oxygen atoms in total. The van der Waals surface area contributed by atoms with E-state index in [1.165, 1.54) is 6.33 Å². The second kappa shape index (κ2) is 6.12. The van der Waals surface area contributed by atoms with Gasteiger partial charge >= 0.3 is 0 Å². The van der Waals surface area contributed by atoms with Gasteiger partial charge in [0.15, 0.2) is 11.5 Å². The number of H-pyrrole nitrogens is 1. The highest BCUT2D eigenvalue weighted by atomic mass is 16.5. The van der Waals surface area contributed by atoms with E-state index in [1.807, 2.05) is 0 Å². The van der Waals surface area contributed by atoms with Crippen molar-refractivity contribution >= 4 is 17.0 Å². The molecule has 0 radical (unpaired) electrons. The lowest BCUT2D eigenvalue weighted by atomic mass is 10.5. The number of anilines is 1. The zero-order chi connectivity index (χ0) is 11.9. The number of hydrogen-bond donors (Lipinski definition) is 2. The summed E-state index contributed by atoms with van der Waals surface area (Å²) in [4.78, 5) is 15.2. The van der Waals surface area contributed by atoms with Crippen molar-refractivity contribution in [3.8, 4) is 0 Å². The first kappa shape index (κ1) is 11.7. The van der Waals surface area contributed by atoms with Gasteiger partial charge in [-0.2, -0.15) is 0 Å². The summed E-state index contributed by atoms with van der Waals surface area (Å²) in [6.07, 6.45) is 3.08. The third kappa shape index (κ3) is 3.11. The fraction of sp³-hybridized carbons (Fsp3) is 0.500. The molecule has 0 spiro atoms. The van der Waals surface area contributed by atoms with Crippen molar-refractivity contribution in [3.63, 3.8) is 0 Å². The Hall–Kier alpha value is -1.73. The van der Waals surface area contributed by atoms with Crippen molar-refractivity contribution < 1.29 is 9.47 Å². The second-order valence-corrected chi connectivity index (χ2v) is 3.36. The number of rotatable bonds is 7. The van der Waals surface area contributed by atoms with E-state index in [4.69, 9.17) is 9.47 Å². The van der Waals surface area contributed by atoms with Crippen LogP contribution < -0.4 is 5.32 Å². The number of nitrogens with zero attached hydrogens (tertiary/aromatic N) is 3. The first-order valence-electron chi connectivity index (χ1n) is 5.36. The highest BCUT2D eigenvalue weighted by molar-refractivity contribution is 5.81. The van der Waals surface area contributed by atoms with Gasteiger partial charge in [-0.25, -0.2) is 15.0 Å². The number of nitrogens with one attached hydrogen (secondary N) is 2. The van der Waals surface area contributed by atoms with Gasteiger partial charge in [0, 0.05) is 13.7 Å². The normalized spacial score (nSPS) is 10.9. The molecule has 2 heterocycles. The predicted octanol–water partition coefficient (Wildman–Crippen LogP) is 0.428. The monoisotopic (exact) mass is 237 g/mol. The van der Waals surface area contributed by atoms with E-state index in [1.54, 1.807) is 13.4 Å². The minimum absolute atomic E-state index is 0.599. The van der Waals surface area contributed by atoms with E-state index in [0.29, 0.717) is 32.0 Å². The van der Waals surface area contributed by atoms with Gasteiger partial charge in [-0.05, 0) is 0 Å². The van der Waals surface area contributed by atoms with Crippen LogP contribution in [0.4, 0.5) is 5.82 Å². The maximum atomic E-state index is 5.33. The van der Waals surface area contributed by atoms with Crippen molar-refractivity contribution in [3.05, 3.63) is 12.7 Å². The van der Waals surface area contributed by atoms with Crippen LogP contribution in [0.25, 0.3) is 11.2 Å². The Morgan fingerprint density at radius 1 is 1.24 bits per heavy atom. The number of ether oxygens (including phenoxy) is 2. The largest absolute Gasteiger partial charge is 0.382 e. The average Bonchev–Trinajstić information content (AvgIpc) is 2.82. The highest BCUT2D eigenvalue weighted by Gasteiger charge is 2.04. The molecule has 0 aliphatic heterocycles. The molecule has 2 N–H and O–H groups in total. The minimum Gasteiger partial charge on any atom is -0.382 e. The van der Waals surface area contributed by atoms with E-state index < -0.39 is 0 Å². The molecular formula is C10H15N5O2. The van der Waals surface area contributed by atoms with E-state index in [9.17, 15) is 0 Å². The van der Waals surface area contributed by atoms with E-state index in [0.717, 1.165) is 11.3 Å². The summed E-state index contributed by atoms with van der Waals surface area (Å²) >= 11 is 0. The average molecular weight is 237 g/mol. The van der Waals surface area contributed by atoms with E-state index in [-0.39, 0.29) is 0 Å². The van der Waals surface area contributed by atoms with Crippen LogP contribution in [0.1, 0.15) is 0 Å². The van der Waals surface area contributed by atoms with Crippen molar-refractivity contribution in [2.75, 3.05) is 38.8 Å². The SMILES string of the molecule is COCCOCCNc1ncnc2nc[nH]c12. The molecule has 92 valence electrons. The number of methoxy groups -OCH3 is 1. The Labute approximate surface area is 98.6 Å². The molecular weight excluding hydrogens is 222 g/mol. The molecule has 17 heavy (non-hydrogen) atoms. The summed E-state index contributed by atoms with van der Waals surface area (Å²) in [6, 6.07) is 0. The van der Waals surface area contributed by atoms with Crippen LogP contribution in [0, 0.1) is 0 Å². The number of aromatic amines is 1. The maximum absolute atomic E-state index is 5.33. The summed E-state index contributed by atoms with van der Waals surface area (Å²) < 4.78 is 10.2. The van der Waals surface area contributed by atoms with Gasteiger partial charge in [-0.3, -0.25) is 0 Å². The fourth-order valence-corrected chi connectivity index (χ4v) is 1.39. The van der Waals surface area contributed by atoms with E-state index >= 15 is 0 Å². The van der Waals surface area contributed by atoms with Crippen molar-refractivity contribution in [1.29, 1.82) is 0 Å². The Morgan fingerprint density at radius 3 is 3.06 bits per heavy atom. The lowest BCUT2D eigenvalue weighted by Crippen LogP contribution is -2.13. The van der Waals surface area contributed by atoms with Gasteiger partial charge < -0.3 is 19.8 Å². The van der Waals surface area contributed by atoms with Crippen LogP contribution >= 0.6 is 0 Å². The molecule has 2 rings (SSSR count). The molecule has 0 atom stereocenters. The smallest absolute Gasteiger partial charge is 0.182 e. The second-order valence-electron chi connectivity index (χ2n) is 3.36.